The summed E-state index contributed by atoms with van der Waals surface area (Å²) in [7, 11) is 0. The molecule has 1 aliphatic carbocycles. The summed E-state index contributed by atoms with van der Waals surface area (Å²) >= 11 is 0. The number of rotatable bonds is 4. The monoisotopic (exact) mass is 283 g/mol. The lowest BCUT2D eigenvalue weighted by atomic mass is 9.81. The van der Waals surface area contributed by atoms with E-state index < -0.39 is 11.9 Å². The van der Waals surface area contributed by atoms with Crippen LogP contribution in [0, 0.1) is 16.7 Å². The molecular formula is C17H21N3O. The van der Waals surface area contributed by atoms with Crippen LogP contribution in [0.5, 0.6) is 0 Å². The van der Waals surface area contributed by atoms with Crippen molar-refractivity contribution in [3.63, 3.8) is 0 Å². The minimum Gasteiger partial charge on any atom is -0.368 e. The number of benzene rings is 1. The van der Waals surface area contributed by atoms with Crippen LogP contribution in [0.15, 0.2) is 36.4 Å². The number of amides is 1. The second-order valence-electron chi connectivity index (χ2n) is 6.23. The summed E-state index contributed by atoms with van der Waals surface area (Å²) in [5.41, 5.74) is 7.10. The molecule has 2 unspecified atom stereocenters. The number of carbonyl (C=O) groups excluding carboxylic acids is 1. The van der Waals surface area contributed by atoms with Crippen LogP contribution >= 0.6 is 0 Å². The molecule has 0 saturated carbocycles. The van der Waals surface area contributed by atoms with Gasteiger partial charge in [0, 0.05) is 6.04 Å². The number of allylic oxidation sites excluding steroid dienone is 1. The molecule has 0 saturated heterocycles. The summed E-state index contributed by atoms with van der Waals surface area (Å²) in [5, 5.41) is 12.1. The first kappa shape index (κ1) is 15.3. The molecule has 21 heavy (non-hydrogen) atoms. The van der Waals surface area contributed by atoms with Crippen LogP contribution in [-0.2, 0) is 4.79 Å². The Labute approximate surface area is 125 Å². The van der Waals surface area contributed by atoms with Gasteiger partial charge in [-0.1, -0.05) is 38.1 Å². The molecule has 1 aromatic carbocycles. The third-order valence-corrected chi connectivity index (χ3v) is 3.92. The van der Waals surface area contributed by atoms with E-state index in [1.807, 2.05) is 0 Å². The van der Waals surface area contributed by atoms with E-state index in [0.29, 0.717) is 5.56 Å². The van der Waals surface area contributed by atoms with E-state index in [1.165, 1.54) is 0 Å². The number of hydrogen-bond donors (Lipinski definition) is 2. The third kappa shape index (κ3) is 3.93. The minimum absolute atomic E-state index is 0.145. The van der Waals surface area contributed by atoms with E-state index in [-0.39, 0.29) is 11.5 Å². The van der Waals surface area contributed by atoms with Gasteiger partial charge in [0.1, 0.15) is 6.04 Å². The van der Waals surface area contributed by atoms with Crippen LogP contribution in [0.4, 0.5) is 0 Å². The van der Waals surface area contributed by atoms with E-state index in [9.17, 15) is 4.79 Å². The van der Waals surface area contributed by atoms with Gasteiger partial charge in [-0.15, -0.1) is 0 Å². The van der Waals surface area contributed by atoms with Crippen LogP contribution < -0.4 is 11.1 Å². The number of nitrogens with zero attached hydrogens (tertiary/aromatic N) is 1. The standard InChI is InChI=1S/C17H21N3O/c1-17(2)9-7-14(8-10-17)20-15(16(19)21)13-5-3-12(11-18)4-6-13/h3-7,9,14-15,20H,8,10H2,1-2H3,(H2,19,21). The molecule has 0 radical (unpaired) electrons. The maximum atomic E-state index is 11.7. The van der Waals surface area contributed by atoms with Gasteiger partial charge in [-0.25, -0.2) is 0 Å². The molecule has 0 heterocycles. The number of hydrogen-bond acceptors (Lipinski definition) is 3. The Kier molecular flexibility index (Phi) is 4.44. The fraction of sp³-hybridized carbons (Fsp3) is 0.412. The Bertz CT molecular complexity index is 581. The van der Waals surface area contributed by atoms with E-state index in [0.717, 1.165) is 18.4 Å². The SMILES string of the molecule is CC1(C)C=CC(NC(C(N)=O)c2ccc(C#N)cc2)CC1. The fourth-order valence-corrected chi connectivity index (χ4v) is 2.53. The van der Waals surface area contributed by atoms with Crippen LogP contribution in [0.2, 0.25) is 0 Å². The lowest BCUT2D eigenvalue weighted by Crippen LogP contribution is -2.40. The predicted octanol–water partition coefficient (Wildman–Crippen LogP) is 2.42. The number of carbonyl (C=O) groups is 1. The van der Waals surface area contributed by atoms with Crippen molar-refractivity contribution < 1.29 is 4.79 Å². The van der Waals surface area contributed by atoms with Gasteiger partial charge in [0.25, 0.3) is 0 Å². The molecular weight excluding hydrogens is 262 g/mol. The maximum absolute atomic E-state index is 11.7. The number of primary amides is 1. The number of nitrogens with two attached hydrogens (primary N) is 1. The number of nitriles is 1. The quantitative estimate of drug-likeness (QED) is 0.833. The van der Waals surface area contributed by atoms with Crippen LogP contribution in [-0.4, -0.2) is 11.9 Å². The highest BCUT2D eigenvalue weighted by molar-refractivity contribution is 5.81. The molecule has 110 valence electrons. The molecule has 2 rings (SSSR count). The van der Waals surface area contributed by atoms with Gasteiger partial charge in [-0.2, -0.15) is 5.26 Å². The largest absolute Gasteiger partial charge is 0.368 e. The predicted molar refractivity (Wildman–Crippen MR) is 82.2 cm³/mol. The minimum atomic E-state index is -0.534. The summed E-state index contributed by atoms with van der Waals surface area (Å²) in [6.07, 6.45) is 6.34. The van der Waals surface area contributed by atoms with Gasteiger partial charge in [0.05, 0.1) is 11.6 Å². The molecule has 0 fully saturated rings. The average Bonchev–Trinajstić information content (AvgIpc) is 2.46. The first-order valence-corrected chi connectivity index (χ1v) is 7.16. The van der Waals surface area contributed by atoms with Gasteiger partial charge >= 0.3 is 0 Å². The summed E-state index contributed by atoms with van der Waals surface area (Å²) in [6, 6.07) is 8.63. The van der Waals surface area contributed by atoms with Gasteiger partial charge in [-0.05, 0) is 36.0 Å². The average molecular weight is 283 g/mol. The second kappa shape index (κ2) is 6.11. The lowest BCUT2D eigenvalue weighted by Gasteiger charge is -2.31. The molecule has 0 spiro atoms. The van der Waals surface area contributed by atoms with Crippen molar-refractivity contribution in [2.75, 3.05) is 0 Å². The van der Waals surface area contributed by atoms with Crippen molar-refractivity contribution >= 4 is 5.91 Å². The maximum Gasteiger partial charge on any atom is 0.239 e. The zero-order chi connectivity index (χ0) is 15.5. The fourth-order valence-electron chi connectivity index (χ4n) is 2.53. The zero-order valence-corrected chi connectivity index (χ0v) is 12.5. The Morgan fingerprint density at radius 1 is 1.43 bits per heavy atom. The van der Waals surface area contributed by atoms with Crippen molar-refractivity contribution in [2.24, 2.45) is 11.1 Å². The van der Waals surface area contributed by atoms with E-state index >= 15 is 0 Å². The molecule has 1 aromatic rings. The van der Waals surface area contributed by atoms with Crippen LogP contribution in [0.1, 0.15) is 43.9 Å². The number of nitrogens with one attached hydrogen (secondary N) is 1. The molecule has 1 amide bonds. The molecule has 0 aromatic heterocycles. The Morgan fingerprint density at radius 3 is 2.57 bits per heavy atom. The molecule has 1 aliphatic rings. The first-order chi connectivity index (χ1) is 9.91. The molecule has 2 atom stereocenters. The highest BCUT2D eigenvalue weighted by atomic mass is 16.1. The molecule has 4 heteroatoms. The van der Waals surface area contributed by atoms with E-state index in [2.05, 4.69) is 37.4 Å². The Hall–Kier alpha value is -2.12. The van der Waals surface area contributed by atoms with Crippen molar-refractivity contribution in [2.45, 2.75) is 38.8 Å². The Morgan fingerprint density at radius 2 is 2.10 bits per heavy atom. The van der Waals surface area contributed by atoms with Crippen LogP contribution in [0.3, 0.4) is 0 Å². The van der Waals surface area contributed by atoms with Gasteiger partial charge in [-0.3, -0.25) is 10.1 Å². The third-order valence-electron chi connectivity index (χ3n) is 3.92. The van der Waals surface area contributed by atoms with Gasteiger partial charge in [0.15, 0.2) is 0 Å². The Balaban J connectivity index is 2.13. The summed E-state index contributed by atoms with van der Waals surface area (Å²) in [5.74, 6) is -0.405. The summed E-state index contributed by atoms with van der Waals surface area (Å²) in [4.78, 5) is 11.7. The van der Waals surface area contributed by atoms with Gasteiger partial charge < -0.3 is 5.73 Å². The van der Waals surface area contributed by atoms with Crippen molar-refractivity contribution in [1.29, 1.82) is 5.26 Å². The van der Waals surface area contributed by atoms with Crippen molar-refractivity contribution in [1.82, 2.24) is 5.32 Å². The smallest absolute Gasteiger partial charge is 0.239 e. The first-order valence-electron chi connectivity index (χ1n) is 7.16. The van der Waals surface area contributed by atoms with E-state index in [4.69, 9.17) is 11.0 Å². The van der Waals surface area contributed by atoms with Crippen molar-refractivity contribution in [3.8, 4) is 6.07 Å². The highest BCUT2D eigenvalue weighted by Crippen LogP contribution is 2.30. The molecule has 0 aliphatic heterocycles. The highest BCUT2D eigenvalue weighted by Gasteiger charge is 2.25. The molecule has 4 nitrogen and oxygen atoms in total. The summed E-state index contributed by atoms with van der Waals surface area (Å²) in [6.45, 7) is 4.40. The lowest BCUT2D eigenvalue weighted by molar-refractivity contribution is -0.120. The van der Waals surface area contributed by atoms with Gasteiger partial charge in [0.2, 0.25) is 5.91 Å². The normalized spacial score (nSPS) is 21.5. The van der Waals surface area contributed by atoms with Crippen LogP contribution in [0.25, 0.3) is 0 Å². The summed E-state index contributed by atoms with van der Waals surface area (Å²) < 4.78 is 0. The van der Waals surface area contributed by atoms with E-state index in [1.54, 1.807) is 24.3 Å². The van der Waals surface area contributed by atoms with Crippen molar-refractivity contribution in [3.05, 3.63) is 47.5 Å². The second-order valence-corrected chi connectivity index (χ2v) is 6.23. The zero-order valence-electron chi connectivity index (χ0n) is 12.5. The topological polar surface area (TPSA) is 78.9 Å². The molecule has 3 N–H and O–H groups in total. The molecule has 0 bridgehead atoms.